The summed E-state index contributed by atoms with van der Waals surface area (Å²) in [4.78, 5) is 12.7. The molecule has 1 heterocycles. The van der Waals surface area contributed by atoms with Crippen LogP contribution in [0.25, 0.3) is 0 Å². The average molecular weight is 305 g/mol. The topological polar surface area (TPSA) is 58.6 Å². The summed E-state index contributed by atoms with van der Waals surface area (Å²) in [5.41, 5.74) is 2.41. The molecule has 0 aliphatic heterocycles. The third kappa shape index (κ3) is 4.97. The van der Waals surface area contributed by atoms with Crippen LogP contribution in [-0.4, -0.2) is 18.2 Å². The number of thiophene rings is 1. The Labute approximate surface area is 128 Å². The average Bonchev–Trinajstić information content (AvgIpc) is 2.88. The van der Waals surface area contributed by atoms with Crippen LogP contribution in [-0.2, 0) is 35.6 Å². The van der Waals surface area contributed by atoms with E-state index in [0.717, 1.165) is 22.8 Å². The van der Waals surface area contributed by atoms with E-state index in [-0.39, 0.29) is 6.42 Å². The summed E-state index contributed by atoms with van der Waals surface area (Å²) >= 11 is 1.54. The van der Waals surface area contributed by atoms with E-state index >= 15 is 0 Å². The van der Waals surface area contributed by atoms with Crippen molar-refractivity contribution in [2.24, 2.45) is 0 Å². The number of ether oxygens (including phenoxy) is 1. The molecule has 0 unspecified atom stereocenters. The van der Waals surface area contributed by atoms with Crippen LogP contribution < -0.4 is 5.32 Å². The molecule has 2 rings (SSSR count). The second-order valence-electron chi connectivity index (χ2n) is 4.74. The lowest BCUT2D eigenvalue weighted by atomic mass is 10.1. The van der Waals surface area contributed by atoms with Gasteiger partial charge in [-0.1, -0.05) is 24.3 Å². The molecule has 5 heteroatoms. The van der Waals surface area contributed by atoms with E-state index in [0.29, 0.717) is 6.61 Å². The Morgan fingerprint density at radius 2 is 1.86 bits per heavy atom. The number of hydrogen-bond acceptors (Lipinski definition) is 4. The summed E-state index contributed by atoms with van der Waals surface area (Å²) in [5, 5.41) is 12.2. The zero-order valence-corrected chi connectivity index (χ0v) is 12.8. The molecule has 0 aliphatic rings. The molecule has 0 fully saturated rings. The molecule has 4 nitrogen and oxygen atoms in total. The van der Waals surface area contributed by atoms with E-state index in [1.54, 1.807) is 18.4 Å². The van der Waals surface area contributed by atoms with Gasteiger partial charge < -0.3 is 15.2 Å². The van der Waals surface area contributed by atoms with Crippen LogP contribution in [0.4, 0.5) is 0 Å². The zero-order chi connectivity index (χ0) is 15.1. The zero-order valence-electron chi connectivity index (χ0n) is 12.0. The molecule has 21 heavy (non-hydrogen) atoms. The molecule has 0 spiro atoms. The summed E-state index contributed by atoms with van der Waals surface area (Å²) in [5.74, 6) is -0.787. The lowest BCUT2D eigenvalue weighted by Gasteiger charge is -2.09. The minimum Gasteiger partial charge on any atom is -0.481 e. The van der Waals surface area contributed by atoms with Gasteiger partial charge in [-0.3, -0.25) is 4.79 Å². The summed E-state index contributed by atoms with van der Waals surface area (Å²) in [6.45, 7) is 2.12. The van der Waals surface area contributed by atoms with Crippen LogP contribution in [0.5, 0.6) is 0 Å². The van der Waals surface area contributed by atoms with Crippen LogP contribution in [0.2, 0.25) is 0 Å². The summed E-state index contributed by atoms with van der Waals surface area (Å²) < 4.78 is 5.19. The quantitative estimate of drug-likeness (QED) is 0.787. The smallest absolute Gasteiger partial charge is 0.308 e. The Balaban J connectivity index is 1.86. The molecule has 0 bridgehead atoms. The number of benzene rings is 1. The SMILES string of the molecule is COCc1ccccc1CNCc1ccc(CC(=O)O)s1. The molecular weight excluding hydrogens is 286 g/mol. The molecule has 0 saturated carbocycles. The maximum absolute atomic E-state index is 10.7. The van der Waals surface area contributed by atoms with Gasteiger partial charge in [0, 0.05) is 30.0 Å². The van der Waals surface area contributed by atoms with E-state index in [4.69, 9.17) is 9.84 Å². The first kappa shape index (κ1) is 15.7. The second kappa shape index (κ2) is 7.93. The highest BCUT2D eigenvalue weighted by atomic mass is 32.1. The Bertz CT molecular complexity index is 595. The van der Waals surface area contributed by atoms with Crippen LogP contribution in [0.3, 0.4) is 0 Å². The van der Waals surface area contributed by atoms with Gasteiger partial charge in [-0.2, -0.15) is 0 Å². The minimum absolute atomic E-state index is 0.0986. The number of carboxylic acid groups (broad SMARTS) is 1. The van der Waals surface area contributed by atoms with Gasteiger partial charge in [0.1, 0.15) is 0 Å². The van der Waals surface area contributed by atoms with Crippen LogP contribution in [0.15, 0.2) is 36.4 Å². The first-order valence-corrected chi connectivity index (χ1v) is 7.56. The van der Waals surface area contributed by atoms with Gasteiger partial charge in [0.25, 0.3) is 0 Å². The highest BCUT2D eigenvalue weighted by Crippen LogP contribution is 2.17. The number of rotatable bonds is 8. The first-order valence-electron chi connectivity index (χ1n) is 6.75. The normalized spacial score (nSPS) is 10.7. The molecule has 0 atom stereocenters. The largest absolute Gasteiger partial charge is 0.481 e. The van der Waals surface area contributed by atoms with Gasteiger partial charge in [-0.25, -0.2) is 0 Å². The molecule has 1 aromatic carbocycles. The van der Waals surface area contributed by atoms with E-state index in [1.807, 2.05) is 24.3 Å². The van der Waals surface area contributed by atoms with Crippen molar-refractivity contribution in [3.05, 3.63) is 57.3 Å². The Morgan fingerprint density at radius 1 is 1.14 bits per heavy atom. The first-order chi connectivity index (χ1) is 10.2. The number of aliphatic carboxylic acids is 1. The maximum atomic E-state index is 10.7. The molecule has 2 N–H and O–H groups in total. The number of methoxy groups -OCH3 is 1. The summed E-state index contributed by atoms with van der Waals surface area (Å²) in [6.07, 6.45) is 0.0986. The van der Waals surface area contributed by atoms with E-state index in [9.17, 15) is 4.79 Å². The maximum Gasteiger partial charge on any atom is 0.308 e. The number of nitrogens with one attached hydrogen (secondary N) is 1. The molecular formula is C16H19NO3S. The molecule has 0 radical (unpaired) electrons. The third-order valence-corrected chi connectivity index (χ3v) is 4.16. The van der Waals surface area contributed by atoms with E-state index in [1.165, 1.54) is 11.1 Å². The molecule has 0 aliphatic carbocycles. The predicted molar refractivity (Wildman–Crippen MR) is 83.4 cm³/mol. The fourth-order valence-corrected chi connectivity index (χ4v) is 3.09. The van der Waals surface area contributed by atoms with Crippen molar-refractivity contribution >= 4 is 17.3 Å². The van der Waals surface area contributed by atoms with Crippen molar-refractivity contribution in [1.82, 2.24) is 5.32 Å². The fourth-order valence-electron chi connectivity index (χ4n) is 2.11. The minimum atomic E-state index is -0.787. The molecule has 0 amide bonds. The highest BCUT2D eigenvalue weighted by Gasteiger charge is 2.05. The van der Waals surface area contributed by atoms with Crippen LogP contribution in [0.1, 0.15) is 20.9 Å². The summed E-state index contributed by atoms with van der Waals surface area (Å²) in [6, 6.07) is 12.1. The van der Waals surface area contributed by atoms with Gasteiger partial charge in [0.15, 0.2) is 0 Å². The fraction of sp³-hybridized carbons (Fsp3) is 0.312. The Hall–Kier alpha value is -1.69. The van der Waals surface area contributed by atoms with Gasteiger partial charge >= 0.3 is 5.97 Å². The molecule has 0 saturated heterocycles. The van der Waals surface area contributed by atoms with Gasteiger partial charge in [-0.15, -0.1) is 11.3 Å². The molecule has 2 aromatic rings. The molecule has 1 aromatic heterocycles. The number of hydrogen-bond donors (Lipinski definition) is 2. The Kier molecular flexibility index (Phi) is 5.92. The highest BCUT2D eigenvalue weighted by molar-refractivity contribution is 7.12. The van der Waals surface area contributed by atoms with Crippen molar-refractivity contribution in [2.45, 2.75) is 26.1 Å². The van der Waals surface area contributed by atoms with Crippen molar-refractivity contribution in [3.63, 3.8) is 0 Å². The van der Waals surface area contributed by atoms with Gasteiger partial charge in [0.2, 0.25) is 0 Å². The monoisotopic (exact) mass is 305 g/mol. The van der Waals surface area contributed by atoms with Gasteiger partial charge in [0.05, 0.1) is 13.0 Å². The van der Waals surface area contributed by atoms with E-state index < -0.39 is 5.97 Å². The number of carbonyl (C=O) groups is 1. The number of carboxylic acids is 1. The predicted octanol–water partition coefficient (Wildman–Crippen LogP) is 2.81. The van der Waals surface area contributed by atoms with E-state index in [2.05, 4.69) is 17.4 Å². The van der Waals surface area contributed by atoms with Crippen molar-refractivity contribution in [1.29, 1.82) is 0 Å². The van der Waals surface area contributed by atoms with Crippen molar-refractivity contribution in [3.8, 4) is 0 Å². The molecule has 112 valence electrons. The second-order valence-corrected chi connectivity index (χ2v) is 6.00. The lowest BCUT2D eigenvalue weighted by Crippen LogP contribution is -2.13. The third-order valence-electron chi connectivity index (χ3n) is 3.08. The van der Waals surface area contributed by atoms with Crippen molar-refractivity contribution in [2.75, 3.05) is 7.11 Å². The van der Waals surface area contributed by atoms with Crippen LogP contribution >= 0.6 is 11.3 Å². The van der Waals surface area contributed by atoms with Crippen molar-refractivity contribution < 1.29 is 14.6 Å². The van der Waals surface area contributed by atoms with Gasteiger partial charge in [-0.05, 0) is 23.3 Å². The standard InChI is InChI=1S/C16H19NO3S/c1-20-11-13-5-3-2-4-12(13)9-17-10-15-7-6-14(21-15)8-16(18)19/h2-7,17H,8-11H2,1H3,(H,18,19). The summed E-state index contributed by atoms with van der Waals surface area (Å²) in [7, 11) is 1.69. The Morgan fingerprint density at radius 3 is 2.57 bits per heavy atom. The lowest BCUT2D eigenvalue weighted by molar-refractivity contribution is -0.136. The van der Waals surface area contributed by atoms with Crippen LogP contribution in [0, 0.1) is 0 Å².